The Morgan fingerprint density at radius 3 is 1.36 bits per heavy atom. The molecule has 2 aromatic carbocycles. The predicted molar refractivity (Wildman–Crippen MR) is 233 cm³/mol. The number of aliphatic hydroxyl groups excluding tert-OH is 2. The van der Waals surface area contributed by atoms with Crippen LogP contribution in [0.1, 0.15) is 71.4 Å². The molecular weight excluding hydrogens is 823 g/mol. The summed E-state index contributed by atoms with van der Waals surface area (Å²) in [7, 11) is 0. The Hall–Kier alpha value is -6.78. The van der Waals surface area contributed by atoms with Gasteiger partial charge in [0.15, 0.2) is 11.6 Å². The number of ether oxygens (including phenoxy) is 2. The average molecular weight is 873 g/mol. The molecule has 6 aromatic rings. The molecule has 0 radical (unpaired) electrons. The molecule has 0 spiro atoms. The van der Waals surface area contributed by atoms with Gasteiger partial charge in [-0.05, 0) is 87.1 Å². The average Bonchev–Trinajstić information content (AvgIpc) is 3.34. The molecule has 8 rings (SSSR count). The normalized spacial score (nSPS) is 18.4. The first-order valence-electron chi connectivity index (χ1n) is 21.2. The highest BCUT2D eigenvalue weighted by molar-refractivity contribution is 6.01. The zero-order valence-electron chi connectivity index (χ0n) is 35.6. The van der Waals surface area contributed by atoms with Crippen molar-refractivity contribution in [2.75, 3.05) is 26.3 Å². The minimum atomic E-state index is -0.413. The van der Waals surface area contributed by atoms with Gasteiger partial charge >= 0.3 is 0 Å². The molecule has 2 aliphatic rings. The van der Waals surface area contributed by atoms with Crippen LogP contribution in [-0.2, 0) is 13.2 Å². The Morgan fingerprint density at radius 1 is 0.594 bits per heavy atom. The van der Waals surface area contributed by atoms with E-state index in [1.807, 2.05) is 23.6 Å². The molecular formula is C48H50F2N8O6. The van der Waals surface area contributed by atoms with Crippen LogP contribution < -0.4 is 9.47 Å². The maximum Gasteiger partial charge on any atom is 0.254 e. The van der Waals surface area contributed by atoms with Crippen LogP contribution in [-0.4, -0.2) is 100 Å². The molecule has 2 unspecified atom stereocenters. The summed E-state index contributed by atoms with van der Waals surface area (Å²) >= 11 is 0. The van der Waals surface area contributed by atoms with Crippen LogP contribution in [0.25, 0.3) is 22.8 Å². The van der Waals surface area contributed by atoms with Crippen LogP contribution in [0.15, 0.2) is 110 Å². The smallest absolute Gasteiger partial charge is 0.254 e. The third-order valence-electron chi connectivity index (χ3n) is 11.4. The van der Waals surface area contributed by atoms with Crippen LogP contribution in [0.2, 0.25) is 0 Å². The van der Waals surface area contributed by atoms with E-state index in [-0.39, 0.29) is 48.9 Å². The lowest BCUT2D eigenvalue weighted by Crippen LogP contribution is -2.47. The number of amides is 2. The first-order chi connectivity index (χ1) is 31.1. The van der Waals surface area contributed by atoms with E-state index in [2.05, 4.69) is 29.9 Å². The van der Waals surface area contributed by atoms with Crippen molar-refractivity contribution in [1.29, 1.82) is 0 Å². The molecule has 332 valence electrons. The second-order valence-corrected chi connectivity index (χ2v) is 16.0. The Balaban J connectivity index is 0.000000191. The van der Waals surface area contributed by atoms with Gasteiger partial charge in [0, 0.05) is 85.1 Å². The summed E-state index contributed by atoms with van der Waals surface area (Å²) in [5, 5.41) is 19.2. The lowest BCUT2D eigenvalue weighted by molar-refractivity contribution is 0.0495. The van der Waals surface area contributed by atoms with Crippen molar-refractivity contribution >= 4 is 11.8 Å². The predicted octanol–water partition coefficient (Wildman–Crippen LogP) is 6.98. The molecule has 64 heavy (non-hydrogen) atoms. The number of hydrogen-bond donors (Lipinski definition) is 2. The SMILES string of the molecule is CC1CCC(COc2ccc(F)cn2)CN1C(=O)c1cc(CO)ccc1-c1ncccn1.C[C@@H]1CC[C@@H](COc2ccc(F)cn2)CN1C(=O)c1cc(CO)ccc1-c1ncccn1. The van der Waals surface area contributed by atoms with Gasteiger partial charge < -0.3 is 29.5 Å². The third kappa shape index (κ3) is 11.4. The van der Waals surface area contributed by atoms with Crippen molar-refractivity contribution in [3.8, 4) is 34.5 Å². The molecule has 2 fully saturated rings. The van der Waals surface area contributed by atoms with Crippen molar-refractivity contribution in [3.63, 3.8) is 0 Å². The number of carbonyl (C=O) groups excluding carboxylic acids is 2. The lowest BCUT2D eigenvalue weighted by atomic mass is 9.92. The Morgan fingerprint density at radius 2 is 1.00 bits per heavy atom. The summed E-state index contributed by atoms with van der Waals surface area (Å²) in [6.07, 6.45) is 12.3. The quantitative estimate of drug-likeness (QED) is 0.129. The highest BCUT2D eigenvalue weighted by Crippen LogP contribution is 2.31. The molecule has 2 amide bonds. The molecule has 4 aromatic heterocycles. The molecule has 16 heteroatoms. The van der Waals surface area contributed by atoms with Gasteiger partial charge in [-0.15, -0.1) is 0 Å². The summed E-state index contributed by atoms with van der Waals surface area (Å²) < 4.78 is 37.6. The van der Waals surface area contributed by atoms with Crippen LogP contribution >= 0.6 is 0 Å². The fourth-order valence-corrected chi connectivity index (χ4v) is 7.81. The van der Waals surface area contributed by atoms with Crippen molar-refractivity contribution < 1.29 is 38.1 Å². The molecule has 2 N–H and O–H groups in total. The standard InChI is InChI=1S/2C24H25FN4O3/c2*1-16-3-4-18(15-32-22-8-6-19(25)12-28-22)13-29(16)24(31)21-11-17(14-30)5-7-20(21)23-26-9-2-10-27-23/h2*2,5-12,16,18,30H,3-4,13-15H2,1H3/t16-,18-;/m1./s1. The van der Waals surface area contributed by atoms with Crippen molar-refractivity contribution in [3.05, 3.63) is 144 Å². The van der Waals surface area contributed by atoms with E-state index in [1.54, 1.807) is 73.3 Å². The van der Waals surface area contributed by atoms with E-state index in [9.17, 15) is 28.6 Å². The number of aromatic nitrogens is 6. The Kier molecular flexibility index (Phi) is 15.2. The van der Waals surface area contributed by atoms with E-state index in [1.165, 1.54) is 24.3 Å². The first-order valence-corrected chi connectivity index (χ1v) is 21.2. The fraction of sp³-hybridized carbons (Fsp3) is 0.333. The van der Waals surface area contributed by atoms with E-state index >= 15 is 0 Å². The third-order valence-corrected chi connectivity index (χ3v) is 11.4. The van der Waals surface area contributed by atoms with Gasteiger partial charge in [0.05, 0.1) is 49.9 Å². The minimum Gasteiger partial charge on any atom is -0.477 e. The highest BCUT2D eigenvalue weighted by Gasteiger charge is 2.33. The molecule has 14 nitrogen and oxygen atoms in total. The summed E-state index contributed by atoms with van der Waals surface area (Å²) in [6.45, 7) is 5.58. The van der Waals surface area contributed by atoms with Crippen molar-refractivity contribution in [1.82, 2.24) is 39.7 Å². The maximum absolute atomic E-state index is 13.6. The zero-order chi connectivity index (χ0) is 45.0. The number of carbonyl (C=O) groups is 2. The number of aliphatic hydroxyl groups is 2. The highest BCUT2D eigenvalue weighted by atomic mass is 19.1. The van der Waals surface area contributed by atoms with E-state index in [0.717, 1.165) is 38.1 Å². The number of rotatable bonds is 12. The van der Waals surface area contributed by atoms with Crippen LogP contribution in [0.4, 0.5) is 8.78 Å². The zero-order valence-corrected chi connectivity index (χ0v) is 35.6. The largest absolute Gasteiger partial charge is 0.477 e. The summed E-state index contributed by atoms with van der Waals surface area (Å²) in [6, 6.07) is 19.7. The molecule has 0 bridgehead atoms. The first kappa shape index (κ1) is 45.3. The summed E-state index contributed by atoms with van der Waals surface area (Å²) in [5.41, 5.74) is 3.51. The second-order valence-electron chi connectivity index (χ2n) is 16.0. The van der Waals surface area contributed by atoms with Gasteiger partial charge in [-0.3, -0.25) is 9.59 Å². The van der Waals surface area contributed by atoms with E-state index < -0.39 is 11.6 Å². The van der Waals surface area contributed by atoms with Crippen LogP contribution in [0, 0.1) is 23.5 Å². The van der Waals surface area contributed by atoms with Gasteiger partial charge in [-0.25, -0.2) is 38.7 Å². The number of pyridine rings is 2. The topological polar surface area (TPSA) is 177 Å². The molecule has 4 atom stereocenters. The van der Waals surface area contributed by atoms with Crippen LogP contribution in [0.5, 0.6) is 11.8 Å². The Labute approximate surface area is 370 Å². The number of hydrogen-bond acceptors (Lipinski definition) is 12. The lowest BCUT2D eigenvalue weighted by Gasteiger charge is -2.38. The summed E-state index contributed by atoms with van der Waals surface area (Å²) in [5.74, 6) is 0.829. The van der Waals surface area contributed by atoms with Crippen molar-refractivity contribution in [2.45, 2.75) is 64.8 Å². The fourth-order valence-electron chi connectivity index (χ4n) is 7.81. The number of halogens is 2. The summed E-state index contributed by atoms with van der Waals surface area (Å²) in [4.78, 5) is 56.0. The van der Waals surface area contributed by atoms with E-state index in [4.69, 9.17) is 9.47 Å². The second kappa shape index (κ2) is 21.5. The molecule has 6 heterocycles. The van der Waals surface area contributed by atoms with Crippen LogP contribution in [0.3, 0.4) is 0 Å². The number of likely N-dealkylation sites (tertiary alicyclic amines) is 2. The maximum atomic E-state index is 13.6. The number of piperidine rings is 2. The van der Waals surface area contributed by atoms with Gasteiger partial charge in [-0.1, -0.05) is 24.3 Å². The molecule has 2 saturated heterocycles. The molecule has 2 aliphatic heterocycles. The minimum absolute atomic E-state index is 0.0602. The van der Waals surface area contributed by atoms with Gasteiger partial charge in [0.25, 0.3) is 11.8 Å². The number of benzene rings is 2. The molecule has 0 aliphatic carbocycles. The number of nitrogens with zero attached hydrogens (tertiary/aromatic N) is 8. The van der Waals surface area contributed by atoms with E-state index in [0.29, 0.717) is 83.1 Å². The van der Waals surface area contributed by atoms with Crippen molar-refractivity contribution in [2.24, 2.45) is 11.8 Å². The van der Waals surface area contributed by atoms with Gasteiger partial charge in [0.2, 0.25) is 11.8 Å². The van der Waals surface area contributed by atoms with Gasteiger partial charge in [-0.2, -0.15) is 0 Å². The molecule has 0 saturated carbocycles. The monoisotopic (exact) mass is 872 g/mol. The van der Waals surface area contributed by atoms with Gasteiger partial charge in [0.1, 0.15) is 11.6 Å². The Bertz CT molecular complexity index is 2300.